The molecule has 1 unspecified atom stereocenters. The van der Waals surface area contributed by atoms with Crippen LogP contribution < -0.4 is 0 Å². The Bertz CT molecular complexity index is 291. The summed E-state index contributed by atoms with van der Waals surface area (Å²) in [5, 5.41) is 0. The summed E-state index contributed by atoms with van der Waals surface area (Å²) in [4.78, 5) is 0. The number of hydrogen-bond acceptors (Lipinski definition) is 0. The molecule has 0 heterocycles. The molecule has 4 bridgehead atoms. The highest BCUT2D eigenvalue weighted by Gasteiger charge is 2.51. The van der Waals surface area contributed by atoms with Crippen LogP contribution in [0.25, 0.3) is 0 Å². The maximum atomic E-state index is 2.67. The summed E-state index contributed by atoms with van der Waals surface area (Å²) in [6, 6.07) is 0. The molecule has 0 heteroatoms. The van der Waals surface area contributed by atoms with Crippen molar-refractivity contribution in [3.63, 3.8) is 0 Å². The molecule has 3 saturated carbocycles. The van der Waals surface area contributed by atoms with Crippen molar-refractivity contribution in [2.75, 3.05) is 0 Å². The minimum atomic E-state index is 0.717. The molecular weight excluding hydrogens is 168 g/mol. The second-order valence-electron chi connectivity index (χ2n) is 6.11. The first-order chi connectivity index (χ1) is 6.86. The van der Waals surface area contributed by atoms with Crippen LogP contribution in [0.3, 0.4) is 0 Å². The van der Waals surface area contributed by atoms with Crippen molar-refractivity contribution in [3.05, 3.63) is 17.6 Å². The molecule has 14 heavy (non-hydrogen) atoms. The third kappa shape index (κ3) is 0.857. The largest absolute Gasteiger partial charge is 0.0810 e. The highest BCUT2D eigenvalue weighted by Crippen LogP contribution is 2.64. The van der Waals surface area contributed by atoms with E-state index in [9.17, 15) is 0 Å². The minimum Gasteiger partial charge on any atom is -0.0810 e. The zero-order chi connectivity index (χ0) is 9.17. The topological polar surface area (TPSA) is 0 Å². The van der Waals surface area contributed by atoms with Gasteiger partial charge in [0.25, 0.3) is 0 Å². The van der Waals surface area contributed by atoms with Gasteiger partial charge in [-0.2, -0.15) is 0 Å². The smallest absolute Gasteiger partial charge is 0.00173 e. The molecule has 1 radical (unpaired) electrons. The van der Waals surface area contributed by atoms with E-state index in [1.807, 2.05) is 11.5 Å². The highest BCUT2D eigenvalue weighted by molar-refractivity contribution is 5.41. The normalized spacial score (nSPS) is 50.4. The Balaban J connectivity index is 1.72. The first-order valence-corrected chi connectivity index (χ1v) is 6.43. The van der Waals surface area contributed by atoms with Gasteiger partial charge in [0.05, 0.1) is 0 Å². The van der Waals surface area contributed by atoms with Crippen molar-refractivity contribution in [1.82, 2.24) is 0 Å². The molecule has 3 fully saturated rings. The SMILES string of the molecule is C1=C(C23CCC(CC2)C3)[C]2CCC1C2. The summed E-state index contributed by atoms with van der Waals surface area (Å²) in [5.41, 5.74) is 2.59. The zero-order valence-electron chi connectivity index (χ0n) is 8.89. The van der Waals surface area contributed by atoms with Gasteiger partial charge in [-0.15, -0.1) is 0 Å². The Morgan fingerprint density at radius 3 is 2.50 bits per heavy atom. The first kappa shape index (κ1) is 7.96. The predicted octanol–water partition coefficient (Wildman–Crippen LogP) is 3.88. The summed E-state index contributed by atoms with van der Waals surface area (Å²) >= 11 is 0. The molecule has 4 aliphatic rings. The molecule has 0 aliphatic heterocycles. The average Bonchev–Trinajstić information content (AvgIpc) is 2.98. The van der Waals surface area contributed by atoms with Crippen LogP contribution >= 0.6 is 0 Å². The number of fused-ring (bicyclic) bond motifs is 4. The highest BCUT2D eigenvalue weighted by atomic mass is 14.6. The van der Waals surface area contributed by atoms with Gasteiger partial charge >= 0.3 is 0 Å². The van der Waals surface area contributed by atoms with Crippen LogP contribution in [0.5, 0.6) is 0 Å². The van der Waals surface area contributed by atoms with Crippen LogP contribution in [-0.4, -0.2) is 0 Å². The molecule has 0 spiro atoms. The monoisotopic (exact) mass is 187 g/mol. The van der Waals surface area contributed by atoms with Crippen LogP contribution in [0.4, 0.5) is 0 Å². The lowest BCUT2D eigenvalue weighted by molar-refractivity contribution is 0.354. The Labute approximate surface area is 86.8 Å². The Morgan fingerprint density at radius 1 is 1.14 bits per heavy atom. The molecular formula is C14H19. The Kier molecular flexibility index (Phi) is 1.40. The lowest BCUT2D eigenvalue weighted by Crippen LogP contribution is -2.20. The van der Waals surface area contributed by atoms with Gasteiger partial charge in [-0.3, -0.25) is 0 Å². The van der Waals surface area contributed by atoms with E-state index in [2.05, 4.69) is 6.08 Å². The van der Waals surface area contributed by atoms with E-state index in [0.29, 0.717) is 0 Å². The summed E-state index contributed by atoms with van der Waals surface area (Å²) < 4.78 is 0. The lowest BCUT2D eigenvalue weighted by Gasteiger charge is -2.32. The van der Waals surface area contributed by atoms with E-state index >= 15 is 0 Å². The van der Waals surface area contributed by atoms with Crippen molar-refractivity contribution >= 4 is 0 Å². The van der Waals surface area contributed by atoms with Crippen molar-refractivity contribution in [2.24, 2.45) is 17.3 Å². The van der Waals surface area contributed by atoms with E-state index in [4.69, 9.17) is 0 Å². The zero-order valence-corrected chi connectivity index (χ0v) is 8.89. The van der Waals surface area contributed by atoms with Crippen LogP contribution in [-0.2, 0) is 0 Å². The van der Waals surface area contributed by atoms with Gasteiger partial charge in [0.15, 0.2) is 0 Å². The van der Waals surface area contributed by atoms with Crippen LogP contribution in [0.1, 0.15) is 51.4 Å². The molecule has 0 amide bonds. The third-order valence-electron chi connectivity index (χ3n) is 5.42. The summed E-state index contributed by atoms with van der Waals surface area (Å²) in [5.74, 6) is 3.95. The molecule has 0 saturated heterocycles. The first-order valence-electron chi connectivity index (χ1n) is 6.43. The van der Waals surface area contributed by atoms with Crippen LogP contribution in [0, 0.1) is 23.2 Å². The van der Waals surface area contributed by atoms with Gasteiger partial charge in [0.1, 0.15) is 0 Å². The van der Waals surface area contributed by atoms with Gasteiger partial charge in [-0.05, 0) is 68.6 Å². The summed E-state index contributed by atoms with van der Waals surface area (Å²) in [6.07, 6.45) is 14.7. The molecule has 0 nitrogen and oxygen atoms in total. The van der Waals surface area contributed by atoms with E-state index in [0.717, 1.165) is 17.3 Å². The van der Waals surface area contributed by atoms with Gasteiger partial charge in [0, 0.05) is 5.92 Å². The van der Waals surface area contributed by atoms with Crippen molar-refractivity contribution in [3.8, 4) is 0 Å². The standard InChI is InChI=1S/C14H19/c1-2-12-7-11(1)8-13(12)14-5-3-10(9-14)4-6-14/h8,10-11H,1-7,9H2. The molecule has 0 aromatic rings. The van der Waals surface area contributed by atoms with Crippen molar-refractivity contribution in [1.29, 1.82) is 0 Å². The van der Waals surface area contributed by atoms with Gasteiger partial charge in [-0.1, -0.05) is 11.6 Å². The molecule has 4 aliphatic carbocycles. The number of allylic oxidation sites excluding steroid dienone is 2. The van der Waals surface area contributed by atoms with Crippen LogP contribution in [0.2, 0.25) is 0 Å². The van der Waals surface area contributed by atoms with Crippen molar-refractivity contribution < 1.29 is 0 Å². The molecule has 0 N–H and O–H groups in total. The average molecular weight is 187 g/mol. The van der Waals surface area contributed by atoms with Gasteiger partial charge in [0.2, 0.25) is 0 Å². The Hall–Kier alpha value is -0.260. The maximum absolute atomic E-state index is 2.67. The second-order valence-corrected chi connectivity index (χ2v) is 6.11. The number of hydrogen-bond donors (Lipinski definition) is 0. The molecule has 0 aromatic heterocycles. The molecule has 4 rings (SSSR count). The molecule has 1 atom stereocenters. The van der Waals surface area contributed by atoms with Crippen LogP contribution in [0.15, 0.2) is 11.6 Å². The van der Waals surface area contributed by atoms with E-state index in [-0.39, 0.29) is 0 Å². The Morgan fingerprint density at radius 2 is 2.00 bits per heavy atom. The second kappa shape index (κ2) is 2.46. The molecule has 75 valence electrons. The fourth-order valence-electron chi connectivity index (χ4n) is 4.74. The minimum absolute atomic E-state index is 0.717. The maximum Gasteiger partial charge on any atom is 0.00173 e. The van der Waals surface area contributed by atoms with Gasteiger partial charge in [-0.25, -0.2) is 0 Å². The third-order valence-corrected chi connectivity index (χ3v) is 5.42. The van der Waals surface area contributed by atoms with E-state index in [1.54, 1.807) is 6.42 Å². The fourth-order valence-corrected chi connectivity index (χ4v) is 4.74. The van der Waals surface area contributed by atoms with Gasteiger partial charge < -0.3 is 0 Å². The molecule has 0 aromatic carbocycles. The fraction of sp³-hybridized carbons (Fsp3) is 0.786. The number of rotatable bonds is 1. The van der Waals surface area contributed by atoms with E-state index in [1.165, 1.54) is 44.9 Å². The van der Waals surface area contributed by atoms with E-state index < -0.39 is 0 Å². The quantitative estimate of drug-likeness (QED) is 0.584. The predicted molar refractivity (Wildman–Crippen MR) is 57.7 cm³/mol. The summed E-state index contributed by atoms with van der Waals surface area (Å²) in [6.45, 7) is 0. The van der Waals surface area contributed by atoms with Crippen molar-refractivity contribution in [2.45, 2.75) is 51.4 Å². The lowest BCUT2D eigenvalue weighted by atomic mass is 9.72. The summed E-state index contributed by atoms with van der Waals surface area (Å²) in [7, 11) is 0.